The summed E-state index contributed by atoms with van der Waals surface area (Å²) in [6.45, 7) is 1.60. The van der Waals surface area contributed by atoms with Gasteiger partial charge < -0.3 is 14.4 Å². The summed E-state index contributed by atoms with van der Waals surface area (Å²) in [5.41, 5.74) is 1.16. The van der Waals surface area contributed by atoms with E-state index in [1.807, 2.05) is 0 Å². The summed E-state index contributed by atoms with van der Waals surface area (Å²) >= 11 is 0. The minimum atomic E-state index is -4.57. The highest BCUT2D eigenvalue weighted by Gasteiger charge is 2.44. The van der Waals surface area contributed by atoms with Crippen molar-refractivity contribution in [1.82, 2.24) is 4.90 Å². The van der Waals surface area contributed by atoms with E-state index in [9.17, 15) is 22.8 Å². The van der Waals surface area contributed by atoms with Crippen molar-refractivity contribution in [2.75, 3.05) is 20.3 Å². The van der Waals surface area contributed by atoms with E-state index in [1.54, 1.807) is 32.0 Å². The minimum absolute atomic E-state index is 0.0457. The lowest BCUT2D eigenvalue weighted by molar-refractivity contribution is -0.170. The molecule has 0 aromatic heterocycles. The van der Waals surface area contributed by atoms with Crippen LogP contribution in [0.3, 0.4) is 0 Å². The van der Waals surface area contributed by atoms with Gasteiger partial charge in [-0.25, -0.2) is 0 Å². The average Bonchev–Trinajstić information content (AvgIpc) is 2.61. The summed E-state index contributed by atoms with van der Waals surface area (Å²) in [5.74, 6) is -3.13. The highest BCUT2D eigenvalue weighted by atomic mass is 19.4. The molecule has 8 heteroatoms. The Hall–Kier alpha value is -2.25. The maximum atomic E-state index is 12.9. The maximum Gasteiger partial charge on any atom is 0.406 e. The number of hydrogen-bond acceptors (Lipinski definition) is 4. The molecule has 0 aliphatic carbocycles. The normalized spacial score (nSPS) is 20.7. The molecule has 0 radical (unpaired) electrons. The van der Waals surface area contributed by atoms with Gasteiger partial charge in [0.15, 0.2) is 0 Å². The lowest BCUT2D eigenvalue weighted by Crippen LogP contribution is -2.44. The molecule has 0 fully saturated rings. The van der Waals surface area contributed by atoms with E-state index >= 15 is 0 Å². The van der Waals surface area contributed by atoms with Gasteiger partial charge in [-0.15, -0.1) is 0 Å². The first kappa shape index (κ1) is 19.1. The van der Waals surface area contributed by atoms with Crippen LogP contribution in [0.25, 0.3) is 0 Å². The fourth-order valence-electron chi connectivity index (χ4n) is 3.05. The molecular weight excluding hydrogens is 339 g/mol. The number of methoxy groups -OCH3 is 1. The number of carbonyl (C=O) groups is 2. The molecule has 1 aliphatic rings. The van der Waals surface area contributed by atoms with E-state index in [2.05, 4.69) is 0 Å². The Kier molecular flexibility index (Phi) is 5.59. The molecule has 1 aliphatic heterocycles. The Morgan fingerprint density at radius 3 is 2.60 bits per heavy atom. The molecule has 1 aromatic rings. The van der Waals surface area contributed by atoms with Gasteiger partial charge in [0.2, 0.25) is 5.91 Å². The van der Waals surface area contributed by atoms with E-state index in [0.717, 1.165) is 0 Å². The topological polar surface area (TPSA) is 55.8 Å². The van der Waals surface area contributed by atoms with Crippen molar-refractivity contribution in [2.45, 2.75) is 32.5 Å². The number of alkyl halides is 3. The summed E-state index contributed by atoms with van der Waals surface area (Å²) in [4.78, 5) is 25.6. The summed E-state index contributed by atoms with van der Waals surface area (Å²) in [6.07, 6.45) is -4.57. The maximum absolute atomic E-state index is 12.9. The fraction of sp³-hybridized carbons (Fsp3) is 0.529. The molecule has 2 rings (SSSR count). The molecule has 0 saturated heterocycles. The Morgan fingerprint density at radius 1 is 1.36 bits per heavy atom. The monoisotopic (exact) mass is 359 g/mol. The summed E-state index contributed by atoms with van der Waals surface area (Å²) in [5, 5.41) is 0. The van der Waals surface area contributed by atoms with Crippen molar-refractivity contribution < 1.29 is 32.2 Å². The first-order valence-electron chi connectivity index (χ1n) is 7.87. The molecule has 0 bridgehead atoms. The highest BCUT2D eigenvalue weighted by Crippen LogP contribution is 2.36. The zero-order valence-electron chi connectivity index (χ0n) is 14.2. The largest absolute Gasteiger partial charge is 0.497 e. The van der Waals surface area contributed by atoms with Crippen LogP contribution in [0.2, 0.25) is 0 Å². The fourth-order valence-corrected chi connectivity index (χ4v) is 3.05. The van der Waals surface area contributed by atoms with Crippen molar-refractivity contribution in [2.24, 2.45) is 5.92 Å². The second kappa shape index (κ2) is 7.33. The van der Waals surface area contributed by atoms with Gasteiger partial charge in [0, 0.05) is 12.5 Å². The van der Waals surface area contributed by atoms with Gasteiger partial charge >= 0.3 is 12.1 Å². The number of rotatable bonds is 4. The van der Waals surface area contributed by atoms with E-state index in [4.69, 9.17) is 9.47 Å². The van der Waals surface area contributed by atoms with Crippen LogP contribution in [0.15, 0.2) is 18.2 Å². The number of nitrogens with zero attached hydrogens (tertiary/aromatic N) is 1. The third-order valence-electron chi connectivity index (χ3n) is 4.19. The predicted molar refractivity (Wildman–Crippen MR) is 83.0 cm³/mol. The van der Waals surface area contributed by atoms with Crippen LogP contribution < -0.4 is 4.74 Å². The molecule has 0 spiro atoms. The second-order valence-electron chi connectivity index (χ2n) is 5.89. The number of amides is 1. The molecule has 2 atom stereocenters. The standard InChI is InChI=1S/C17H20F3NO4/c1-4-25-16(23)14-10(2)13-6-5-12(24-3)7-11(13)8-21(15(14)22)9-17(18,19)20/h5-7,10,14H,4,8-9H2,1-3H3. The lowest BCUT2D eigenvalue weighted by atomic mass is 9.85. The predicted octanol–water partition coefficient (Wildman–Crippen LogP) is 2.88. The zero-order chi connectivity index (χ0) is 18.8. The van der Waals surface area contributed by atoms with Crippen molar-refractivity contribution in [1.29, 1.82) is 0 Å². The van der Waals surface area contributed by atoms with Crippen molar-refractivity contribution in [3.63, 3.8) is 0 Å². The number of benzene rings is 1. The van der Waals surface area contributed by atoms with E-state index in [0.29, 0.717) is 21.8 Å². The summed E-state index contributed by atoms with van der Waals surface area (Å²) in [6, 6.07) is 4.92. The lowest BCUT2D eigenvalue weighted by Gasteiger charge is -2.26. The number of carbonyl (C=O) groups excluding carboxylic acids is 2. The van der Waals surface area contributed by atoms with E-state index in [1.165, 1.54) is 7.11 Å². The van der Waals surface area contributed by atoms with E-state index in [-0.39, 0.29) is 13.2 Å². The smallest absolute Gasteiger partial charge is 0.406 e. The molecule has 1 aromatic carbocycles. The molecule has 2 unspecified atom stereocenters. The van der Waals surface area contributed by atoms with Crippen molar-refractivity contribution in [3.8, 4) is 5.75 Å². The van der Waals surface area contributed by atoms with Gasteiger partial charge in [0.1, 0.15) is 18.2 Å². The summed E-state index contributed by atoms with van der Waals surface area (Å²) < 4.78 is 48.8. The highest BCUT2D eigenvalue weighted by molar-refractivity contribution is 5.99. The quantitative estimate of drug-likeness (QED) is 0.613. The van der Waals surface area contributed by atoms with Gasteiger partial charge in [-0.2, -0.15) is 13.2 Å². The molecule has 138 valence electrons. The third-order valence-corrected chi connectivity index (χ3v) is 4.19. The number of ether oxygens (including phenoxy) is 2. The third kappa shape index (κ3) is 4.24. The summed E-state index contributed by atoms with van der Waals surface area (Å²) in [7, 11) is 1.45. The van der Waals surface area contributed by atoms with Gasteiger partial charge in [0.05, 0.1) is 13.7 Å². The van der Waals surface area contributed by atoms with Crippen LogP contribution in [0.5, 0.6) is 5.75 Å². The van der Waals surface area contributed by atoms with Crippen LogP contribution in [0, 0.1) is 5.92 Å². The SMILES string of the molecule is CCOC(=O)C1C(=O)N(CC(F)(F)F)Cc2cc(OC)ccc2C1C. The Bertz CT molecular complexity index is 660. The van der Waals surface area contributed by atoms with Crippen molar-refractivity contribution in [3.05, 3.63) is 29.3 Å². The van der Waals surface area contributed by atoms with Crippen LogP contribution in [0.1, 0.15) is 30.9 Å². The van der Waals surface area contributed by atoms with Crippen molar-refractivity contribution >= 4 is 11.9 Å². The zero-order valence-corrected chi connectivity index (χ0v) is 14.2. The molecule has 5 nitrogen and oxygen atoms in total. The molecule has 25 heavy (non-hydrogen) atoms. The van der Waals surface area contributed by atoms with Gasteiger partial charge in [-0.3, -0.25) is 9.59 Å². The Balaban J connectivity index is 2.50. The van der Waals surface area contributed by atoms with Crippen LogP contribution in [0.4, 0.5) is 13.2 Å². The molecular formula is C17H20F3NO4. The van der Waals surface area contributed by atoms with Crippen LogP contribution in [-0.4, -0.2) is 43.2 Å². The molecule has 1 amide bonds. The minimum Gasteiger partial charge on any atom is -0.497 e. The number of hydrogen-bond donors (Lipinski definition) is 0. The number of esters is 1. The van der Waals surface area contributed by atoms with Gasteiger partial charge in [-0.1, -0.05) is 13.0 Å². The Labute approximate surface area is 143 Å². The first-order valence-corrected chi connectivity index (χ1v) is 7.87. The molecule has 0 saturated carbocycles. The van der Waals surface area contributed by atoms with E-state index < -0.39 is 36.4 Å². The Morgan fingerprint density at radius 2 is 2.04 bits per heavy atom. The van der Waals surface area contributed by atoms with Gasteiger partial charge in [0.25, 0.3) is 0 Å². The molecule has 1 heterocycles. The first-order chi connectivity index (χ1) is 11.7. The average molecular weight is 359 g/mol. The van der Waals surface area contributed by atoms with Crippen LogP contribution >= 0.6 is 0 Å². The van der Waals surface area contributed by atoms with Gasteiger partial charge in [-0.05, 0) is 30.2 Å². The number of fused-ring (bicyclic) bond motifs is 1. The molecule has 0 N–H and O–H groups in total. The number of halogens is 3. The van der Waals surface area contributed by atoms with Crippen LogP contribution in [-0.2, 0) is 20.9 Å². The second-order valence-corrected chi connectivity index (χ2v) is 5.89.